The van der Waals surface area contributed by atoms with Crippen molar-refractivity contribution < 1.29 is 13.3 Å². The zero-order valence-corrected chi connectivity index (χ0v) is 17.7. The molecule has 0 amide bonds. The Morgan fingerprint density at radius 2 is 1.86 bits per heavy atom. The van der Waals surface area contributed by atoms with Crippen molar-refractivity contribution in [1.82, 2.24) is 9.78 Å². The first kappa shape index (κ1) is 21.1. The van der Waals surface area contributed by atoms with Gasteiger partial charge in [-0.1, -0.05) is 35.3 Å². The van der Waals surface area contributed by atoms with Crippen LogP contribution in [0.15, 0.2) is 47.4 Å². The Bertz CT molecular complexity index is 1210. The van der Waals surface area contributed by atoms with Gasteiger partial charge in [0, 0.05) is 12.1 Å². The van der Waals surface area contributed by atoms with Crippen molar-refractivity contribution in [2.45, 2.75) is 25.3 Å². The van der Waals surface area contributed by atoms with E-state index in [2.05, 4.69) is 9.82 Å². The molecule has 1 N–H and O–H groups in total. The number of aromatic nitrogens is 2. The smallest absolute Gasteiger partial charge is 0.270 e. The molecule has 0 saturated carbocycles. The van der Waals surface area contributed by atoms with Crippen LogP contribution in [-0.2, 0) is 16.6 Å². The second kappa shape index (κ2) is 8.02. The quantitative estimate of drug-likeness (QED) is 0.433. The van der Waals surface area contributed by atoms with Gasteiger partial charge in [0.25, 0.3) is 15.7 Å². The Morgan fingerprint density at radius 3 is 2.52 bits per heavy atom. The molecular formula is C18H16Cl2N4O4S. The minimum absolute atomic E-state index is 0.206. The van der Waals surface area contributed by atoms with Gasteiger partial charge in [0.05, 0.1) is 43.5 Å². The van der Waals surface area contributed by atoms with Gasteiger partial charge < -0.3 is 0 Å². The maximum atomic E-state index is 12.7. The van der Waals surface area contributed by atoms with Crippen LogP contribution in [0.25, 0.3) is 0 Å². The highest BCUT2D eigenvalue weighted by Gasteiger charge is 2.22. The molecule has 29 heavy (non-hydrogen) atoms. The van der Waals surface area contributed by atoms with Crippen molar-refractivity contribution in [2.24, 2.45) is 0 Å². The lowest BCUT2D eigenvalue weighted by Crippen LogP contribution is -2.14. The molecule has 1 heterocycles. The van der Waals surface area contributed by atoms with E-state index in [0.717, 1.165) is 11.6 Å². The number of aryl methyl sites for hydroxylation is 1. The van der Waals surface area contributed by atoms with Crippen molar-refractivity contribution in [3.05, 3.63) is 79.6 Å². The summed E-state index contributed by atoms with van der Waals surface area (Å²) in [5.41, 5.74) is 1.91. The van der Waals surface area contributed by atoms with Crippen molar-refractivity contribution >= 4 is 44.6 Å². The maximum Gasteiger partial charge on any atom is 0.270 e. The first-order valence-corrected chi connectivity index (χ1v) is 10.6. The highest BCUT2D eigenvalue weighted by molar-refractivity contribution is 7.92. The molecule has 0 aliphatic rings. The van der Waals surface area contributed by atoms with Gasteiger partial charge in [0.1, 0.15) is 0 Å². The van der Waals surface area contributed by atoms with E-state index in [0.29, 0.717) is 33.7 Å². The first-order valence-electron chi connectivity index (χ1n) is 8.33. The summed E-state index contributed by atoms with van der Waals surface area (Å²) in [4.78, 5) is 10.1. The van der Waals surface area contributed by atoms with Gasteiger partial charge in [-0.05, 0) is 37.6 Å². The third kappa shape index (κ3) is 4.52. The number of nitro benzene ring substituents is 1. The molecule has 0 radical (unpaired) electrons. The minimum atomic E-state index is -4.03. The molecule has 0 fully saturated rings. The van der Waals surface area contributed by atoms with E-state index in [1.54, 1.807) is 36.7 Å². The zero-order chi connectivity index (χ0) is 21.3. The number of sulfonamides is 1. The van der Waals surface area contributed by atoms with E-state index in [9.17, 15) is 18.5 Å². The average molecular weight is 455 g/mol. The fourth-order valence-corrected chi connectivity index (χ4v) is 4.30. The van der Waals surface area contributed by atoms with Crippen LogP contribution in [0.3, 0.4) is 0 Å². The number of anilines is 1. The number of hydrogen-bond acceptors (Lipinski definition) is 5. The molecule has 8 nitrogen and oxygen atoms in total. The molecule has 0 bridgehead atoms. The van der Waals surface area contributed by atoms with Crippen molar-refractivity contribution in [1.29, 1.82) is 0 Å². The van der Waals surface area contributed by atoms with Crippen LogP contribution >= 0.6 is 23.2 Å². The van der Waals surface area contributed by atoms with Crippen LogP contribution in [0.5, 0.6) is 0 Å². The molecule has 152 valence electrons. The summed E-state index contributed by atoms with van der Waals surface area (Å²) >= 11 is 12.0. The summed E-state index contributed by atoms with van der Waals surface area (Å²) in [6.07, 6.45) is 0. The van der Waals surface area contributed by atoms with Crippen molar-refractivity contribution in [3.8, 4) is 0 Å². The normalized spacial score (nSPS) is 11.4. The van der Waals surface area contributed by atoms with E-state index in [1.165, 1.54) is 18.2 Å². The zero-order valence-electron chi connectivity index (χ0n) is 15.4. The molecule has 3 aromatic rings. The highest BCUT2D eigenvalue weighted by atomic mass is 35.5. The Morgan fingerprint density at radius 1 is 1.14 bits per heavy atom. The Hall–Kier alpha value is -2.62. The number of nitrogens with one attached hydrogen (secondary N) is 1. The number of nitro groups is 1. The predicted octanol–water partition coefficient (Wildman–Crippen LogP) is 4.56. The third-order valence-corrected chi connectivity index (χ3v) is 6.36. The summed E-state index contributed by atoms with van der Waals surface area (Å²) in [5.74, 6) is 0. The highest BCUT2D eigenvalue weighted by Crippen LogP contribution is 2.27. The summed E-state index contributed by atoms with van der Waals surface area (Å²) < 4.78 is 29.6. The third-order valence-electron chi connectivity index (χ3n) is 4.27. The maximum absolute atomic E-state index is 12.7. The Labute approximate surface area is 177 Å². The topological polar surface area (TPSA) is 107 Å². The van der Waals surface area contributed by atoms with Gasteiger partial charge >= 0.3 is 0 Å². The van der Waals surface area contributed by atoms with E-state index in [1.807, 2.05) is 0 Å². The van der Waals surface area contributed by atoms with Gasteiger partial charge in [-0.3, -0.25) is 19.5 Å². The molecule has 1 aromatic heterocycles. The lowest BCUT2D eigenvalue weighted by molar-refractivity contribution is -0.385. The number of halogens is 2. The second-order valence-electron chi connectivity index (χ2n) is 6.31. The van der Waals surface area contributed by atoms with Gasteiger partial charge in [-0.15, -0.1) is 0 Å². The number of hydrogen-bond donors (Lipinski definition) is 1. The van der Waals surface area contributed by atoms with Crippen LogP contribution in [0, 0.1) is 24.0 Å². The van der Waals surface area contributed by atoms with Crippen LogP contribution in [0.2, 0.25) is 10.0 Å². The van der Waals surface area contributed by atoms with Crippen LogP contribution in [0.1, 0.15) is 17.0 Å². The largest absolute Gasteiger partial charge is 0.276 e. The molecule has 2 aromatic carbocycles. The minimum Gasteiger partial charge on any atom is -0.276 e. The van der Waals surface area contributed by atoms with E-state index < -0.39 is 14.9 Å². The van der Waals surface area contributed by atoms with Crippen LogP contribution in [-0.4, -0.2) is 23.1 Å². The van der Waals surface area contributed by atoms with Gasteiger partial charge in [0.2, 0.25) is 0 Å². The Kier molecular flexibility index (Phi) is 5.83. The van der Waals surface area contributed by atoms with Crippen LogP contribution < -0.4 is 4.72 Å². The molecule has 0 atom stereocenters. The SMILES string of the molecule is Cc1nn(Cc2ccc(Cl)c(Cl)c2)c(C)c1NS(=O)(=O)c1cccc([N+](=O)[O-])c1. The monoisotopic (exact) mass is 454 g/mol. The molecule has 0 unspecified atom stereocenters. The molecule has 0 aliphatic heterocycles. The van der Waals surface area contributed by atoms with Crippen LogP contribution in [0.4, 0.5) is 11.4 Å². The standard InChI is InChI=1S/C18H16Cl2N4O4S/c1-11-18(22-29(27,28)15-5-3-4-14(9-15)24(25)26)12(2)23(21-11)10-13-6-7-16(19)17(20)8-13/h3-9,22H,10H2,1-2H3. The van der Waals surface area contributed by atoms with E-state index in [-0.39, 0.29) is 10.6 Å². The lowest BCUT2D eigenvalue weighted by Gasteiger charge is -2.09. The summed E-state index contributed by atoms with van der Waals surface area (Å²) in [6, 6.07) is 10.0. The summed E-state index contributed by atoms with van der Waals surface area (Å²) in [5, 5.41) is 16.2. The number of non-ortho nitro benzene ring substituents is 1. The van der Waals surface area contributed by atoms with Gasteiger partial charge in [0.15, 0.2) is 0 Å². The van der Waals surface area contributed by atoms with Crippen molar-refractivity contribution in [3.63, 3.8) is 0 Å². The van der Waals surface area contributed by atoms with E-state index in [4.69, 9.17) is 23.2 Å². The predicted molar refractivity (Wildman–Crippen MR) is 111 cm³/mol. The molecular weight excluding hydrogens is 439 g/mol. The first-order chi connectivity index (χ1) is 13.6. The van der Waals surface area contributed by atoms with E-state index >= 15 is 0 Å². The Balaban J connectivity index is 1.91. The summed E-state index contributed by atoms with van der Waals surface area (Å²) in [6.45, 7) is 3.76. The lowest BCUT2D eigenvalue weighted by atomic mass is 10.2. The average Bonchev–Trinajstić information content (AvgIpc) is 2.92. The molecule has 11 heteroatoms. The van der Waals surface area contributed by atoms with Gasteiger partial charge in [-0.2, -0.15) is 5.10 Å². The molecule has 3 rings (SSSR count). The van der Waals surface area contributed by atoms with Gasteiger partial charge in [-0.25, -0.2) is 8.42 Å². The second-order valence-corrected chi connectivity index (χ2v) is 8.81. The number of nitrogens with zero attached hydrogens (tertiary/aromatic N) is 3. The number of rotatable bonds is 6. The van der Waals surface area contributed by atoms with Crippen molar-refractivity contribution in [2.75, 3.05) is 4.72 Å². The molecule has 0 aliphatic carbocycles. The molecule has 0 spiro atoms. The number of benzene rings is 2. The summed E-state index contributed by atoms with van der Waals surface area (Å²) in [7, 11) is -4.03. The molecule has 0 saturated heterocycles. The fraction of sp³-hybridized carbons (Fsp3) is 0.167. The fourth-order valence-electron chi connectivity index (χ4n) is 2.77.